The molecule has 0 radical (unpaired) electrons. The Labute approximate surface area is 150 Å². The highest BCUT2D eigenvalue weighted by Crippen LogP contribution is 2.44. The topological polar surface area (TPSA) is 92.4 Å². The summed E-state index contributed by atoms with van der Waals surface area (Å²) in [4.78, 5) is 15.7. The number of fused-ring (bicyclic) bond motifs is 1. The fraction of sp³-hybridized carbons (Fsp3) is 0.444. The Hall–Kier alpha value is -2.46. The van der Waals surface area contributed by atoms with Gasteiger partial charge in [-0.25, -0.2) is 4.99 Å². The van der Waals surface area contributed by atoms with Crippen molar-refractivity contribution in [2.24, 2.45) is 16.3 Å². The van der Waals surface area contributed by atoms with Crippen LogP contribution in [0, 0.1) is 32.8 Å². The van der Waals surface area contributed by atoms with E-state index < -0.39 is 4.92 Å². The van der Waals surface area contributed by atoms with Crippen LogP contribution in [0.15, 0.2) is 21.5 Å². The van der Waals surface area contributed by atoms with Gasteiger partial charge in [-0.2, -0.15) is 5.26 Å². The third kappa shape index (κ3) is 3.49. The molecule has 0 aromatic carbocycles. The summed E-state index contributed by atoms with van der Waals surface area (Å²) in [5.74, 6) is 0.574. The summed E-state index contributed by atoms with van der Waals surface area (Å²) >= 11 is 1.54. The number of nitro groups is 1. The van der Waals surface area contributed by atoms with Gasteiger partial charge in [0, 0.05) is 4.88 Å². The van der Waals surface area contributed by atoms with Gasteiger partial charge in [-0.05, 0) is 42.2 Å². The average Bonchev–Trinajstić information content (AvgIpc) is 3.15. The van der Waals surface area contributed by atoms with Gasteiger partial charge in [0.05, 0.1) is 17.8 Å². The van der Waals surface area contributed by atoms with Gasteiger partial charge in [-0.15, -0.1) is 11.3 Å². The molecule has 0 spiro atoms. The molecule has 0 N–H and O–H groups in total. The Morgan fingerprint density at radius 2 is 2.24 bits per heavy atom. The zero-order valence-electron chi connectivity index (χ0n) is 14.4. The first kappa shape index (κ1) is 17.4. The molecular formula is C18H19N3O3S. The first-order valence-electron chi connectivity index (χ1n) is 8.12. The van der Waals surface area contributed by atoms with Crippen LogP contribution < -0.4 is 0 Å². The minimum Gasteiger partial charge on any atom is -0.400 e. The smallest absolute Gasteiger partial charge is 0.400 e. The molecule has 0 bridgehead atoms. The highest BCUT2D eigenvalue weighted by atomic mass is 32.1. The molecule has 1 aliphatic rings. The molecule has 2 aromatic rings. The number of nitriles is 1. The summed E-state index contributed by atoms with van der Waals surface area (Å²) in [6, 6.07) is 5.06. The van der Waals surface area contributed by atoms with E-state index in [-0.39, 0.29) is 11.3 Å². The molecule has 1 atom stereocenters. The van der Waals surface area contributed by atoms with Crippen LogP contribution in [0.25, 0.3) is 0 Å². The maximum Gasteiger partial charge on any atom is 0.433 e. The van der Waals surface area contributed by atoms with Gasteiger partial charge in [0.15, 0.2) is 5.76 Å². The van der Waals surface area contributed by atoms with Crippen molar-refractivity contribution in [3.8, 4) is 6.07 Å². The lowest BCUT2D eigenvalue weighted by atomic mass is 9.72. The van der Waals surface area contributed by atoms with E-state index in [1.807, 2.05) is 0 Å². The van der Waals surface area contributed by atoms with Crippen molar-refractivity contribution in [2.75, 3.05) is 0 Å². The number of furan rings is 1. The minimum atomic E-state index is -0.589. The minimum absolute atomic E-state index is 0.241. The molecule has 0 saturated carbocycles. The quantitative estimate of drug-likeness (QED) is 0.438. The summed E-state index contributed by atoms with van der Waals surface area (Å²) in [6.07, 6.45) is 4.39. The molecule has 3 rings (SSSR count). The van der Waals surface area contributed by atoms with E-state index in [0.717, 1.165) is 24.8 Å². The summed E-state index contributed by atoms with van der Waals surface area (Å²) in [5, 5.41) is 20.8. The number of hydrogen-bond acceptors (Lipinski definition) is 6. The molecule has 0 unspecified atom stereocenters. The summed E-state index contributed by atoms with van der Waals surface area (Å²) in [6.45, 7) is 6.76. The lowest BCUT2D eigenvalue weighted by Crippen LogP contribution is -2.26. The molecule has 6 nitrogen and oxygen atoms in total. The van der Waals surface area contributed by atoms with Crippen molar-refractivity contribution in [2.45, 2.75) is 40.0 Å². The third-order valence-corrected chi connectivity index (χ3v) is 5.85. The van der Waals surface area contributed by atoms with Gasteiger partial charge in [0.2, 0.25) is 0 Å². The monoisotopic (exact) mass is 357 g/mol. The Bertz CT molecular complexity index is 880. The molecule has 25 heavy (non-hydrogen) atoms. The largest absolute Gasteiger partial charge is 0.433 e. The van der Waals surface area contributed by atoms with Crippen LogP contribution >= 0.6 is 11.3 Å². The van der Waals surface area contributed by atoms with Gasteiger partial charge >= 0.3 is 5.88 Å². The lowest BCUT2D eigenvalue weighted by Gasteiger charge is -2.33. The Morgan fingerprint density at radius 1 is 1.48 bits per heavy atom. The fourth-order valence-corrected chi connectivity index (χ4v) is 4.37. The number of aliphatic imine (C=N–C) groups is 1. The van der Waals surface area contributed by atoms with Crippen LogP contribution in [-0.4, -0.2) is 11.1 Å². The van der Waals surface area contributed by atoms with E-state index in [9.17, 15) is 15.4 Å². The first-order valence-corrected chi connectivity index (χ1v) is 8.94. The zero-order valence-corrected chi connectivity index (χ0v) is 15.2. The zero-order chi connectivity index (χ0) is 18.2. The van der Waals surface area contributed by atoms with Crippen LogP contribution in [0.1, 0.15) is 49.0 Å². The predicted molar refractivity (Wildman–Crippen MR) is 96.6 cm³/mol. The standard InChI is InChI=1S/C18H19N3O3S/c1-18(2,3)11-4-6-13-14(9-19)17(25-15(13)8-11)20-10-12-5-7-16(24-12)21(22)23/h5,7,10-11H,4,6,8H2,1-3H3/t11-/m1/s1. The number of rotatable bonds is 3. The molecule has 1 aliphatic carbocycles. The fourth-order valence-electron chi connectivity index (χ4n) is 3.15. The van der Waals surface area contributed by atoms with Crippen molar-refractivity contribution in [3.63, 3.8) is 0 Å². The van der Waals surface area contributed by atoms with Crippen LogP contribution in [-0.2, 0) is 12.8 Å². The van der Waals surface area contributed by atoms with Gasteiger partial charge in [0.1, 0.15) is 16.0 Å². The molecule has 0 saturated heterocycles. The van der Waals surface area contributed by atoms with Crippen molar-refractivity contribution < 1.29 is 9.34 Å². The van der Waals surface area contributed by atoms with E-state index in [2.05, 4.69) is 31.8 Å². The molecular weight excluding hydrogens is 338 g/mol. The third-order valence-electron chi connectivity index (χ3n) is 4.68. The second-order valence-electron chi connectivity index (χ2n) is 7.29. The lowest BCUT2D eigenvalue weighted by molar-refractivity contribution is -0.402. The van der Waals surface area contributed by atoms with Gasteiger partial charge in [0.25, 0.3) is 0 Å². The number of nitrogens with zero attached hydrogens (tertiary/aromatic N) is 3. The maximum absolute atomic E-state index is 10.7. The Morgan fingerprint density at radius 3 is 2.84 bits per heavy atom. The molecule has 130 valence electrons. The summed E-state index contributed by atoms with van der Waals surface area (Å²) < 4.78 is 5.08. The Balaban J connectivity index is 1.88. The first-order chi connectivity index (χ1) is 11.8. The van der Waals surface area contributed by atoms with Crippen LogP contribution in [0.2, 0.25) is 0 Å². The van der Waals surface area contributed by atoms with Crippen molar-refractivity contribution >= 4 is 28.4 Å². The maximum atomic E-state index is 10.7. The number of hydrogen-bond donors (Lipinski definition) is 0. The highest BCUT2D eigenvalue weighted by Gasteiger charge is 2.32. The molecule has 0 fully saturated rings. The van der Waals surface area contributed by atoms with E-state index in [1.165, 1.54) is 23.2 Å². The molecule has 2 heterocycles. The van der Waals surface area contributed by atoms with E-state index >= 15 is 0 Å². The van der Waals surface area contributed by atoms with Crippen LogP contribution in [0.4, 0.5) is 10.9 Å². The second-order valence-corrected chi connectivity index (χ2v) is 8.38. The second kappa shape index (κ2) is 6.45. The normalized spacial score (nSPS) is 17.4. The van der Waals surface area contributed by atoms with Gasteiger partial charge in [-0.1, -0.05) is 20.8 Å². The van der Waals surface area contributed by atoms with Crippen LogP contribution in [0.3, 0.4) is 0 Å². The SMILES string of the molecule is CC(C)(C)[C@@H]1CCc2c(sc(N=Cc3ccc([N+](=O)[O-])o3)c2C#N)C1. The molecule has 0 aliphatic heterocycles. The van der Waals surface area contributed by atoms with Crippen molar-refractivity contribution in [1.29, 1.82) is 5.26 Å². The van der Waals surface area contributed by atoms with Crippen molar-refractivity contribution in [3.05, 3.63) is 44.0 Å². The van der Waals surface area contributed by atoms with Crippen molar-refractivity contribution in [1.82, 2.24) is 0 Å². The van der Waals surface area contributed by atoms with E-state index in [4.69, 9.17) is 4.42 Å². The molecule has 2 aromatic heterocycles. The molecule has 7 heteroatoms. The van der Waals surface area contributed by atoms with E-state index in [0.29, 0.717) is 22.2 Å². The highest BCUT2D eigenvalue weighted by molar-refractivity contribution is 7.16. The summed E-state index contributed by atoms with van der Waals surface area (Å²) in [5.41, 5.74) is 1.99. The summed E-state index contributed by atoms with van der Waals surface area (Å²) in [7, 11) is 0. The Kier molecular flexibility index (Phi) is 4.48. The van der Waals surface area contributed by atoms with Gasteiger partial charge < -0.3 is 4.42 Å². The van der Waals surface area contributed by atoms with Gasteiger partial charge in [-0.3, -0.25) is 10.1 Å². The average molecular weight is 357 g/mol. The van der Waals surface area contributed by atoms with Crippen LogP contribution in [0.5, 0.6) is 0 Å². The number of thiophene rings is 1. The van der Waals surface area contributed by atoms with E-state index in [1.54, 1.807) is 11.3 Å². The predicted octanol–water partition coefficient (Wildman–Crippen LogP) is 5.02. The molecule has 0 amide bonds.